The summed E-state index contributed by atoms with van der Waals surface area (Å²) in [5, 5.41) is 0. The van der Waals surface area contributed by atoms with Gasteiger partial charge in [-0.15, -0.1) is 0 Å². The lowest BCUT2D eigenvalue weighted by molar-refractivity contribution is -0.120. The largest absolute Gasteiger partial charge is 0.447 e. The van der Waals surface area contributed by atoms with E-state index >= 15 is 0 Å². The Hall–Kier alpha value is -1.81. The van der Waals surface area contributed by atoms with Crippen molar-refractivity contribution in [2.24, 2.45) is 5.73 Å². The molecule has 2 aliphatic rings. The first-order valence-corrected chi connectivity index (χ1v) is 7.11. The van der Waals surface area contributed by atoms with Crippen LogP contribution in [0.1, 0.15) is 32.1 Å². The molecule has 20 heavy (non-hydrogen) atoms. The van der Waals surface area contributed by atoms with E-state index in [-0.39, 0.29) is 5.78 Å². The van der Waals surface area contributed by atoms with Crippen LogP contribution in [0.4, 0.5) is 0 Å². The average molecular weight is 273 g/mol. The number of ketones is 1. The molecule has 0 amide bonds. The fourth-order valence-electron chi connectivity index (χ4n) is 2.76. The van der Waals surface area contributed by atoms with Crippen LogP contribution in [0, 0.1) is 0 Å². The van der Waals surface area contributed by atoms with Gasteiger partial charge in [0.05, 0.1) is 5.54 Å². The lowest BCUT2D eigenvalue weighted by atomic mass is 9.79. The van der Waals surface area contributed by atoms with Crippen molar-refractivity contribution in [2.75, 3.05) is 0 Å². The molecule has 4 nitrogen and oxygen atoms in total. The van der Waals surface area contributed by atoms with Crippen LogP contribution >= 0.6 is 0 Å². The van der Waals surface area contributed by atoms with Gasteiger partial charge in [0, 0.05) is 0 Å². The molecular formula is C16H19NO3. The fraction of sp³-hybridized carbons (Fsp3) is 0.438. The summed E-state index contributed by atoms with van der Waals surface area (Å²) in [5.74, 6) is 1.38. The third-order valence-electron chi connectivity index (χ3n) is 3.98. The minimum atomic E-state index is -0.694. The van der Waals surface area contributed by atoms with Crippen molar-refractivity contribution >= 4 is 5.78 Å². The molecule has 1 aromatic carbocycles. The van der Waals surface area contributed by atoms with Gasteiger partial charge in [-0.1, -0.05) is 31.4 Å². The summed E-state index contributed by atoms with van der Waals surface area (Å²) in [4.78, 5) is 12.2. The summed E-state index contributed by atoms with van der Waals surface area (Å²) in [7, 11) is 0. The average Bonchev–Trinajstić information content (AvgIpc) is 2.88. The first-order chi connectivity index (χ1) is 9.67. The molecular weight excluding hydrogens is 254 g/mol. The first-order valence-electron chi connectivity index (χ1n) is 7.11. The van der Waals surface area contributed by atoms with Gasteiger partial charge in [-0.2, -0.15) is 0 Å². The van der Waals surface area contributed by atoms with Crippen molar-refractivity contribution < 1.29 is 14.3 Å². The molecule has 0 atom stereocenters. The number of ether oxygens (including phenoxy) is 2. The number of nitrogens with two attached hydrogens (primary N) is 1. The van der Waals surface area contributed by atoms with Crippen LogP contribution in [0.2, 0.25) is 0 Å². The zero-order valence-electron chi connectivity index (χ0n) is 11.4. The Balaban J connectivity index is 1.63. The number of fused-ring (bicyclic) bond motifs is 1. The van der Waals surface area contributed by atoms with Gasteiger partial charge < -0.3 is 15.2 Å². The maximum atomic E-state index is 12.2. The lowest BCUT2D eigenvalue weighted by Crippen LogP contribution is -2.48. The fourth-order valence-corrected chi connectivity index (χ4v) is 2.76. The van der Waals surface area contributed by atoms with E-state index in [0.717, 1.165) is 25.7 Å². The van der Waals surface area contributed by atoms with Gasteiger partial charge >= 0.3 is 0 Å². The van der Waals surface area contributed by atoms with Gasteiger partial charge in [0.1, 0.15) is 0 Å². The topological polar surface area (TPSA) is 61.6 Å². The normalized spacial score (nSPS) is 21.2. The molecule has 0 saturated heterocycles. The predicted molar refractivity (Wildman–Crippen MR) is 75.6 cm³/mol. The van der Waals surface area contributed by atoms with E-state index in [1.54, 1.807) is 6.08 Å². The van der Waals surface area contributed by atoms with E-state index in [4.69, 9.17) is 15.2 Å². The second-order valence-electron chi connectivity index (χ2n) is 5.49. The van der Waals surface area contributed by atoms with E-state index < -0.39 is 11.8 Å². The molecule has 0 spiro atoms. The number of para-hydroxylation sites is 2. The van der Waals surface area contributed by atoms with Gasteiger partial charge in [0.25, 0.3) is 6.29 Å². The monoisotopic (exact) mass is 273 g/mol. The third-order valence-corrected chi connectivity index (χ3v) is 3.98. The first kappa shape index (κ1) is 13.2. The molecule has 1 saturated carbocycles. The maximum Gasteiger partial charge on any atom is 0.261 e. The van der Waals surface area contributed by atoms with Crippen LogP contribution in [0.15, 0.2) is 36.4 Å². The molecule has 3 rings (SSSR count). The Bertz CT molecular complexity index is 507. The van der Waals surface area contributed by atoms with Crippen molar-refractivity contribution in [3.8, 4) is 11.5 Å². The highest BCUT2D eigenvalue weighted by atomic mass is 16.7. The summed E-state index contributed by atoms with van der Waals surface area (Å²) in [6.07, 6.45) is 7.37. The molecule has 106 valence electrons. The molecule has 1 aliphatic carbocycles. The van der Waals surface area contributed by atoms with Gasteiger partial charge in [0.15, 0.2) is 17.3 Å². The van der Waals surface area contributed by atoms with Crippen LogP contribution < -0.4 is 15.2 Å². The van der Waals surface area contributed by atoms with Gasteiger partial charge in [-0.3, -0.25) is 4.79 Å². The van der Waals surface area contributed by atoms with Crippen molar-refractivity contribution in [3.63, 3.8) is 0 Å². The number of carbonyl (C=O) groups excluding carboxylic acids is 1. The van der Waals surface area contributed by atoms with Crippen LogP contribution in [0.5, 0.6) is 11.5 Å². The zero-order valence-corrected chi connectivity index (χ0v) is 11.4. The van der Waals surface area contributed by atoms with Gasteiger partial charge in [-0.25, -0.2) is 0 Å². The van der Waals surface area contributed by atoms with E-state index in [2.05, 4.69) is 0 Å². The number of hydrogen-bond donors (Lipinski definition) is 1. The van der Waals surface area contributed by atoms with Crippen molar-refractivity contribution in [1.82, 2.24) is 0 Å². The highest BCUT2D eigenvalue weighted by molar-refractivity contribution is 5.97. The Kier molecular flexibility index (Phi) is 3.49. The minimum absolute atomic E-state index is 0.0274. The third kappa shape index (κ3) is 2.56. The zero-order chi connectivity index (χ0) is 14.0. The molecule has 0 radical (unpaired) electrons. The summed E-state index contributed by atoms with van der Waals surface area (Å²) in [6, 6.07) is 7.46. The molecule has 1 fully saturated rings. The molecule has 0 bridgehead atoms. The standard InChI is InChI=1S/C16H19NO3/c17-16(10-4-1-5-11-16)14(18)8-9-15-19-12-6-2-3-7-13(12)20-15/h2-3,6-9,15H,1,4-5,10-11,17H2. The van der Waals surface area contributed by atoms with Crippen LogP contribution in [0.25, 0.3) is 0 Å². The molecule has 1 aromatic rings. The molecule has 2 N–H and O–H groups in total. The maximum absolute atomic E-state index is 12.2. The Morgan fingerprint density at radius 2 is 1.75 bits per heavy atom. The Morgan fingerprint density at radius 1 is 1.15 bits per heavy atom. The predicted octanol–water partition coefficient (Wildman–Crippen LogP) is 2.57. The second-order valence-corrected chi connectivity index (χ2v) is 5.49. The Labute approximate surface area is 118 Å². The minimum Gasteiger partial charge on any atom is -0.447 e. The quantitative estimate of drug-likeness (QED) is 0.860. The summed E-state index contributed by atoms with van der Waals surface area (Å²) < 4.78 is 11.2. The SMILES string of the molecule is NC1(C(=O)C=CC2Oc3ccccc3O2)CCCCC1. The van der Waals surface area contributed by atoms with Crippen LogP contribution in [-0.4, -0.2) is 17.6 Å². The lowest BCUT2D eigenvalue weighted by Gasteiger charge is -2.30. The number of benzene rings is 1. The van der Waals surface area contributed by atoms with E-state index in [1.165, 1.54) is 12.5 Å². The van der Waals surface area contributed by atoms with E-state index in [0.29, 0.717) is 11.5 Å². The van der Waals surface area contributed by atoms with Crippen molar-refractivity contribution in [3.05, 3.63) is 36.4 Å². The van der Waals surface area contributed by atoms with Crippen LogP contribution in [-0.2, 0) is 4.79 Å². The van der Waals surface area contributed by atoms with E-state index in [9.17, 15) is 4.79 Å². The number of rotatable bonds is 3. The molecule has 1 heterocycles. The number of carbonyl (C=O) groups is 1. The van der Waals surface area contributed by atoms with Gasteiger partial charge in [-0.05, 0) is 37.1 Å². The van der Waals surface area contributed by atoms with Gasteiger partial charge in [0.2, 0.25) is 0 Å². The molecule has 1 aliphatic heterocycles. The van der Waals surface area contributed by atoms with E-state index in [1.807, 2.05) is 24.3 Å². The smallest absolute Gasteiger partial charge is 0.261 e. The molecule has 4 heteroatoms. The summed E-state index contributed by atoms with van der Waals surface area (Å²) in [6.45, 7) is 0. The number of hydrogen-bond acceptors (Lipinski definition) is 4. The van der Waals surface area contributed by atoms with Crippen molar-refractivity contribution in [2.45, 2.75) is 43.9 Å². The molecule has 0 aromatic heterocycles. The summed E-state index contributed by atoms with van der Waals surface area (Å²) in [5.41, 5.74) is 5.49. The van der Waals surface area contributed by atoms with Crippen LogP contribution in [0.3, 0.4) is 0 Å². The highest BCUT2D eigenvalue weighted by Gasteiger charge is 2.33. The highest BCUT2D eigenvalue weighted by Crippen LogP contribution is 2.34. The van der Waals surface area contributed by atoms with Crippen molar-refractivity contribution in [1.29, 1.82) is 0 Å². The Morgan fingerprint density at radius 3 is 2.35 bits per heavy atom. The second kappa shape index (κ2) is 5.29. The molecule has 0 unspecified atom stereocenters. The summed E-state index contributed by atoms with van der Waals surface area (Å²) >= 11 is 0.